The highest BCUT2D eigenvalue weighted by Crippen LogP contribution is 2.37. The van der Waals surface area contributed by atoms with E-state index >= 15 is 0 Å². The normalized spacial score (nSPS) is 25.4. The molecule has 0 amide bonds. The van der Waals surface area contributed by atoms with Crippen LogP contribution in [0, 0.1) is 5.41 Å². The summed E-state index contributed by atoms with van der Waals surface area (Å²) >= 11 is 0. The van der Waals surface area contributed by atoms with Gasteiger partial charge >= 0.3 is 0 Å². The van der Waals surface area contributed by atoms with E-state index < -0.39 is 0 Å². The van der Waals surface area contributed by atoms with E-state index in [1.165, 1.54) is 37.7 Å². The molecule has 1 aromatic rings. The third kappa shape index (κ3) is 2.94. The lowest BCUT2D eigenvalue weighted by molar-refractivity contribution is 0.185. The van der Waals surface area contributed by atoms with Crippen LogP contribution in [0.25, 0.3) is 0 Å². The van der Waals surface area contributed by atoms with Crippen molar-refractivity contribution in [3.63, 3.8) is 0 Å². The van der Waals surface area contributed by atoms with Gasteiger partial charge in [0.05, 0.1) is 6.61 Å². The SMILES string of the molecule is CC1(CNC2CCOc3ccccc32)CCCCC1. The van der Waals surface area contributed by atoms with Crippen molar-refractivity contribution in [1.82, 2.24) is 5.32 Å². The van der Waals surface area contributed by atoms with Crippen molar-refractivity contribution in [3.05, 3.63) is 29.8 Å². The van der Waals surface area contributed by atoms with Gasteiger partial charge < -0.3 is 10.1 Å². The first kappa shape index (κ1) is 13.0. The number of rotatable bonds is 3. The van der Waals surface area contributed by atoms with Crippen LogP contribution in [0.2, 0.25) is 0 Å². The zero-order valence-electron chi connectivity index (χ0n) is 12.0. The fraction of sp³-hybridized carbons (Fsp3) is 0.647. The van der Waals surface area contributed by atoms with Crippen molar-refractivity contribution < 1.29 is 4.74 Å². The largest absolute Gasteiger partial charge is 0.493 e. The summed E-state index contributed by atoms with van der Waals surface area (Å²) in [6, 6.07) is 8.94. The molecule has 1 N–H and O–H groups in total. The van der Waals surface area contributed by atoms with Crippen LogP contribution in [-0.4, -0.2) is 13.2 Å². The van der Waals surface area contributed by atoms with E-state index in [0.717, 1.165) is 25.3 Å². The molecule has 1 unspecified atom stereocenters. The van der Waals surface area contributed by atoms with Gasteiger partial charge in [-0.05, 0) is 24.3 Å². The number of nitrogens with one attached hydrogen (secondary N) is 1. The highest BCUT2D eigenvalue weighted by atomic mass is 16.5. The quantitative estimate of drug-likeness (QED) is 0.883. The van der Waals surface area contributed by atoms with Crippen molar-refractivity contribution >= 4 is 0 Å². The van der Waals surface area contributed by atoms with Gasteiger partial charge in [0.1, 0.15) is 5.75 Å². The number of benzene rings is 1. The van der Waals surface area contributed by atoms with Crippen LogP contribution in [0.15, 0.2) is 24.3 Å². The predicted octanol–water partition coefficient (Wildman–Crippen LogP) is 4.07. The summed E-state index contributed by atoms with van der Waals surface area (Å²) in [6.45, 7) is 4.43. The van der Waals surface area contributed by atoms with Crippen molar-refractivity contribution in [1.29, 1.82) is 0 Å². The average Bonchev–Trinajstić information content (AvgIpc) is 2.46. The van der Waals surface area contributed by atoms with E-state index in [9.17, 15) is 0 Å². The molecule has 1 atom stereocenters. The Kier molecular flexibility index (Phi) is 3.79. The zero-order valence-corrected chi connectivity index (χ0v) is 12.0. The molecule has 1 aliphatic heterocycles. The van der Waals surface area contributed by atoms with E-state index in [1.807, 2.05) is 0 Å². The van der Waals surface area contributed by atoms with Crippen molar-refractivity contribution in [2.45, 2.75) is 51.5 Å². The fourth-order valence-electron chi connectivity index (χ4n) is 3.51. The lowest BCUT2D eigenvalue weighted by atomic mass is 9.75. The van der Waals surface area contributed by atoms with Gasteiger partial charge in [0, 0.05) is 24.6 Å². The molecule has 1 fully saturated rings. The fourth-order valence-corrected chi connectivity index (χ4v) is 3.51. The summed E-state index contributed by atoms with van der Waals surface area (Å²) in [4.78, 5) is 0. The molecular formula is C17H25NO. The second-order valence-corrected chi connectivity index (χ2v) is 6.48. The lowest BCUT2D eigenvalue weighted by Gasteiger charge is -2.36. The second-order valence-electron chi connectivity index (χ2n) is 6.48. The molecular weight excluding hydrogens is 234 g/mol. The van der Waals surface area contributed by atoms with Gasteiger partial charge in [-0.25, -0.2) is 0 Å². The standard InChI is InChI=1S/C17H25NO/c1-17(10-5-2-6-11-17)13-18-15-9-12-19-16-8-4-3-7-14(15)16/h3-4,7-8,15,18H,2,5-6,9-13H2,1H3. The third-order valence-electron chi connectivity index (χ3n) is 4.79. The van der Waals surface area contributed by atoms with Crippen molar-refractivity contribution in [2.24, 2.45) is 5.41 Å². The van der Waals surface area contributed by atoms with E-state index in [0.29, 0.717) is 11.5 Å². The molecule has 0 bridgehead atoms. The Morgan fingerprint density at radius 2 is 2.00 bits per heavy atom. The first-order chi connectivity index (χ1) is 9.27. The van der Waals surface area contributed by atoms with E-state index in [-0.39, 0.29) is 0 Å². The molecule has 1 aliphatic carbocycles. The van der Waals surface area contributed by atoms with Gasteiger partial charge in [0.25, 0.3) is 0 Å². The Labute approximate surface area is 116 Å². The van der Waals surface area contributed by atoms with Gasteiger partial charge in [0.2, 0.25) is 0 Å². The number of para-hydroxylation sites is 1. The molecule has 2 aliphatic rings. The Bertz CT molecular complexity index is 423. The Balaban J connectivity index is 1.64. The zero-order chi connectivity index (χ0) is 13.1. The van der Waals surface area contributed by atoms with Gasteiger partial charge in [-0.15, -0.1) is 0 Å². The number of fused-ring (bicyclic) bond motifs is 1. The van der Waals surface area contributed by atoms with E-state index in [1.54, 1.807) is 0 Å². The molecule has 1 aromatic carbocycles. The van der Waals surface area contributed by atoms with Gasteiger partial charge in [-0.3, -0.25) is 0 Å². The predicted molar refractivity (Wildman–Crippen MR) is 78.5 cm³/mol. The third-order valence-corrected chi connectivity index (χ3v) is 4.79. The Morgan fingerprint density at radius 1 is 1.21 bits per heavy atom. The maximum absolute atomic E-state index is 5.73. The topological polar surface area (TPSA) is 21.3 Å². The van der Waals surface area contributed by atoms with Crippen LogP contribution < -0.4 is 10.1 Å². The minimum absolute atomic E-state index is 0.476. The molecule has 1 heterocycles. The van der Waals surface area contributed by atoms with Crippen LogP contribution in [0.3, 0.4) is 0 Å². The molecule has 2 heteroatoms. The Morgan fingerprint density at radius 3 is 2.84 bits per heavy atom. The summed E-state index contributed by atoms with van der Waals surface area (Å²) in [7, 11) is 0. The minimum atomic E-state index is 0.476. The van der Waals surface area contributed by atoms with Crippen LogP contribution in [0.1, 0.15) is 57.1 Å². The molecule has 0 aromatic heterocycles. The summed E-state index contributed by atoms with van der Waals surface area (Å²) in [5.74, 6) is 1.07. The smallest absolute Gasteiger partial charge is 0.124 e. The van der Waals surface area contributed by atoms with E-state index in [2.05, 4.69) is 36.5 Å². The summed E-state index contributed by atoms with van der Waals surface area (Å²) in [5.41, 5.74) is 1.85. The maximum atomic E-state index is 5.73. The second kappa shape index (κ2) is 5.54. The minimum Gasteiger partial charge on any atom is -0.493 e. The average molecular weight is 259 g/mol. The highest BCUT2D eigenvalue weighted by Gasteiger charge is 2.29. The van der Waals surface area contributed by atoms with E-state index in [4.69, 9.17) is 4.74 Å². The maximum Gasteiger partial charge on any atom is 0.124 e. The molecule has 0 radical (unpaired) electrons. The van der Waals surface area contributed by atoms with Crippen LogP contribution >= 0.6 is 0 Å². The van der Waals surface area contributed by atoms with Gasteiger partial charge in [-0.2, -0.15) is 0 Å². The highest BCUT2D eigenvalue weighted by molar-refractivity contribution is 5.37. The molecule has 3 rings (SSSR count). The molecule has 2 nitrogen and oxygen atoms in total. The lowest BCUT2D eigenvalue weighted by Crippen LogP contribution is -2.37. The Hall–Kier alpha value is -1.02. The van der Waals surface area contributed by atoms with Crippen molar-refractivity contribution in [3.8, 4) is 5.75 Å². The number of hydrogen-bond donors (Lipinski definition) is 1. The summed E-state index contributed by atoms with van der Waals surface area (Å²) in [5, 5.41) is 3.81. The monoisotopic (exact) mass is 259 g/mol. The molecule has 19 heavy (non-hydrogen) atoms. The number of ether oxygens (including phenoxy) is 1. The first-order valence-corrected chi connectivity index (χ1v) is 7.72. The summed E-state index contributed by atoms with van der Waals surface area (Å²) < 4.78 is 5.73. The van der Waals surface area contributed by atoms with Crippen LogP contribution in [0.5, 0.6) is 5.75 Å². The molecule has 104 valence electrons. The first-order valence-electron chi connectivity index (χ1n) is 7.72. The molecule has 0 saturated heterocycles. The van der Waals surface area contributed by atoms with Gasteiger partial charge in [0.15, 0.2) is 0 Å². The van der Waals surface area contributed by atoms with Crippen molar-refractivity contribution in [2.75, 3.05) is 13.2 Å². The van der Waals surface area contributed by atoms with Crippen LogP contribution in [0.4, 0.5) is 0 Å². The molecule has 1 saturated carbocycles. The van der Waals surface area contributed by atoms with Crippen LogP contribution in [-0.2, 0) is 0 Å². The molecule has 0 spiro atoms. The number of hydrogen-bond acceptors (Lipinski definition) is 2. The van der Waals surface area contributed by atoms with Gasteiger partial charge in [-0.1, -0.05) is 44.4 Å². The summed E-state index contributed by atoms with van der Waals surface area (Å²) in [6.07, 6.45) is 8.09.